The van der Waals surface area contributed by atoms with Crippen molar-refractivity contribution in [3.63, 3.8) is 0 Å². The van der Waals surface area contributed by atoms with Crippen LogP contribution in [0.1, 0.15) is 58.2 Å². The predicted molar refractivity (Wildman–Crippen MR) is 98.2 cm³/mol. The highest BCUT2D eigenvalue weighted by Crippen LogP contribution is 2.29. The minimum absolute atomic E-state index is 0.0526. The Balaban J connectivity index is 2.47. The molecule has 5 nitrogen and oxygen atoms in total. The molecule has 0 saturated heterocycles. The summed E-state index contributed by atoms with van der Waals surface area (Å²) in [6, 6.07) is 13.0. The van der Waals surface area contributed by atoms with Crippen LogP contribution in [0.2, 0.25) is 0 Å². The summed E-state index contributed by atoms with van der Waals surface area (Å²) in [7, 11) is 0. The van der Waals surface area contributed by atoms with E-state index in [1.165, 1.54) is 12.1 Å². The van der Waals surface area contributed by atoms with Gasteiger partial charge in [-0.25, -0.2) is 4.79 Å². The van der Waals surface area contributed by atoms with Crippen molar-refractivity contribution in [1.29, 1.82) is 0 Å². The first-order chi connectivity index (χ1) is 12.4. The predicted octanol–water partition coefficient (Wildman–Crippen LogP) is 3.98. The van der Waals surface area contributed by atoms with E-state index in [4.69, 9.17) is 4.74 Å². The van der Waals surface area contributed by atoms with Crippen LogP contribution in [0.5, 0.6) is 0 Å². The van der Waals surface area contributed by atoms with Gasteiger partial charge in [0.15, 0.2) is 12.1 Å². The Morgan fingerprint density at radius 2 is 1.58 bits per heavy atom. The summed E-state index contributed by atoms with van der Waals surface area (Å²) in [6.07, 6.45) is -1.15. The van der Waals surface area contributed by atoms with E-state index >= 15 is 0 Å². The maximum Gasteiger partial charge on any atom is 0.336 e. The van der Waals surface area contributed by atoms with Gasteiger partial charge in [-0.1, -0.05) is 56.0 Å². The number of aromatic carboxylic acids is 1. The van der Waals surface area contributed by atoms with Crippen molar-refractivity contribution >= 4 is 11.8 Å². The number of hydrogen-bond acceptors (Lipinski definition) is 4. The Morgan fingerprint density at radius 1 is 1.04 bits per heavy atom. The van der Waals surface area contributed by atoms with Crippen molar-refractivity contribution in [1.82, 2.24) is 0 Å². The minimum atomic E-state index is -1.16. The Labute approximate surface area is 152 Å². The number of aliphatic hydroxyl groups is 1. The van der Waals surface area contributed by atoms with Gasteiger partial charge in [-0.15, -0.1) is 0 Å². The molecule has 0 heterocycles. The van der Waals surface area contributed by atoms with E-state index in [0.717, 1.165) is 0 Å². The molecule has 0 aliphatic rings. The molecular formula is C21H22O5. The Kier molecular flexibility index (Phi) is 6.44. The monoisotopic (exact) mass is 354 g/mol. The fourth-order valence-corrected chi connectivity index (χ4v) is 2.66. The molecule has 5 heteroatoms. The molecule has 0 fully saturated rings. The van der Waals surface area contributed by atoms with Gasteiger partial charge in [-0.3, -0.25) is 4.79 Å². The summed E-state index contributed by atoms with van der Waals surface area (Å²) in [5.41, 5.74) is 1.47. The van der Waals surface area contributed by atoms with Gasteiger partial charge in [0.2, 0.25) is 0 Å². The van der Waals surface area contributed by atoms with Crippen molar-refractivity contribution in [3.8, 4) is 0 Å². The third kappa shape index (κ3) is 4.25. The van der Waals surface area contributed by atoms with Crippen LogP contribution in [-0.2, 0) is 4.74 Å². The van der Waals surface area contributed by atoms with Gasteiger partial charge in [0, 0.05) is 11.1 Å². The van der Waals surface area contributed by atoms with E-state index in [1.54, 1.807) is 43.3 Å². The second kappa shape index (κ2) is 8.56. The van der Waals surface area contributed by atoms with Gasteiger partial charge < -0.3 is 14.9 Å². The van der Waals surface area contributed by atoms with Crippen LogP contribution in [0.25, 0.3) is 0 Å². The Hall–Kier alpha value is -2.76. The van der Waals surface area contributed by atoms with E-state index in [1.807, 2.05) is 6.92 Å². The van der Waals surface area contributed by atoms with Crippen molar-refractivity contribution < 1.29 is 24.5 Å². The molecule has 2 N–H and O–H groups in total. The van der Waals surface area contributed by atoms with E-state index in [-0.39, 0.29) is 11.1 Å². The molecule has 0 radical (unpaired) electrons. The topological polar surface area (TPSA) is 83.8 Å². The number of ether oxygens (including phenoxy) is 1. The quantitative estimate of drug-likeness (QED) is 0.426. The van der Waals surface area contributed by atoms with Crippen molar-refractivity contribution in [2.75, 3.05) is 0 Å². The molecule has 0 spiro atoms. The molecule has 2 rings (SSSR count). The molecule has 0 aliphatic carbocycles. The summed E-state index contributed by atoms with van der Waals surface area (Å²) < 4.78 is 5.64. The van der Waals surface area contributed by atoms with Crippen LogP contribution in [0.4, 0.5) is 0 Å². The zero-order chi connectivity index (χ0) is 19.3. The standard InChI is InChI=1S/C21H22O5/c1-4-18(26-21(25)13(2)3)14-9-5-6-10-15(14)19(22)16-11-7-8-12-17(16)20(23)24/h5-12,18,21,25H,2,4H2,1,3H3,(H,23,24). The first-order valence-electron chi connectivity index (χ1n) is 8.31. The molecular weight excluding hydrogens is 332 g/mol. The number of carbonyl (C=O) groups is 2. The molecule has 26 heavy (non-hydrogen) atoms. The molecule has 2 aromatic rings. The zero-order valence-electron chi connectivity index (χ0n) is 14.8. The molecule has 136 valence electrons. The number of carbonyl (C=O) groups excluding carboxylic acids is 1. The largest absolute Gasteiger partial charge is 0.478 e. The second-order valence-corrected chi connectivity index (χ2v) is 6.00. The lowest BCUT2D eigenvalue weighted by Gasteiger charge is -2.23. The molecule has 0 amide bonds. The smallest absolute Gasteiger partial charge is 0.336 e. The molecule has 2 unspecified atom stereocenters. The lowest BCUT2D eigenvalue weighted by atomic mass is 9.92. The summed E-state index contributed by atoms with van der Waals surface area (Å²) in [4.78, 5) is 24.5. The van der Waals surface area contributed by atoms with E-state index < -0.39 is 24.1 Å². The SMILES string of the molecule is C=C(C)C(O)OC(CC)c1ccccc1C(=O)c1ccccc1C(=O)O. The van der Waals surface area contributed by atoms with Crippen LogP contribution in [0, 0.1) is 0 Å². The highest BCUT2D eigenvalue weighted by molar-refractivity contribution is 6.14. The van der Waals surface area contributed by atoms with Gasteiger partial charge in [0.1, 0.15) is 0 Å². The summed E-state index contributed by atoms with van der Waals surface area (Å²) in [5, 5.41) is 19.3. The minimum Gasteiger partial charge on any atom is -0.478 e. The first kappa shape index (κ1) is 19.6. The maximum atomic E-state index is 13.0. The van der Waals surface area contributed by atoms with Crippen molar-refractivity contribution in [3.05, 3.63) is 82.9 Å². The maximum absolute atomic E-state index is 13.0. The average Bonchev–Trinajstić information content (AvgIpc) is 2.65. The van der Waals surface area contributed by atoms with Crippen LogP contribution in [-0.4, -0.2) is 28.3 Å². The van der Waals surface area contributed by atoms with Gasteiger partial charge in [-0.2, -0.15) is 0 Å². The molecule has 2 aromatic carbocycles. The van der Waals surface area contributed by atoms with Crippen LogP contribution >= 0.6 is 0 Å². The Morgan fingerprint density at radius 3 is 2.12 bits per heavy atom. The molecule has 2 atom stereocenters. The number of rotatable bonds is 8. The number of carboxylic acid groups (broad SMARTS) is 1. The fraction of sp³-hybridized carbons (Fsp3) is 0.238. The number of benzene rings is 2. The summed E-state index contributed by atoms with van der Waals surface area (Å²) in [6.45, 7) is 7.19. The lowest BCUT2D eigenvalue weighted by Crippen LogP contribution is -2.19. The molecule has 0 saturated carbocycles. The van der Waals surface area contributed by atoms with Crippen molar-refractivity contribution in [2.24, 2.45) is 0 Å². The Bertz CT molecular complexity index is 825. The average molecular weight is 354 g/mol. The van der Waals surface area contributed by atoms with E-state index in [0.29, 0.717) is 23.1 Å². The molecule has 0 aromatic heterocycles. The third-order valence-electron chi connectivity index (χ3n) is 4.04. The summed E-state index contributed by atoms with van der Waals surface area (Å²) in [5.74, 6) is -1.56. The van der Waals surface area contributed by atoms with Gasteiger partial charge >= 0.3 is 5.97 Å². The normalized spacial score (nSPS) is 13.0. The zero-order valence-corrected chi connectivity index (χ0v) is 14.8. The van der Waals surface area contributed by atoms with Crippen molar-refractivity contribution in [2.45, 2.75) is 32.7 Å². The van der Waals surface area contributed by atoms with Crippen LogP contribution in [0.3, 0.4) is 0 Å². The lowest BCUT2D eigenvalue weighted by molar-refractivity contribution is -0.115. The van der Waals surface area contributed by atoms with Crippen LogP contribution < -0.4 is 0 Å². The van der Waals surface area contributed by atoms with Crippen LogP contribution in [0.15, 0.2) is 60.7 Å². The number of aliphatic hydroxyl groups excluding tert-OH is 1. The first-order valence-corrected chi connectivity index (χ1v) is 8.31. The molecule has 0 bridgehead atoms. The van der Waals surface area contributed by atoms with Gasteiger partial charge in [0.05, 0.1) is 11.7 Å². The fourth-order valence-electron chi connectivity index (χ4n) is 2.66. The number of hydrogen-bond donors (Lipinski definition) is 2. The number of carboxylic acids is 1. The highest BCUT2D eigenvalue weighted by Gasteiger charge is 2.24. The van der Waals surface area contributed by atoms with Gasteiger partial charge in [-0.05, 0) is 30.5 Å². The van der Waals surface area contributed by atoms with Gasteiger partial charge in [0.25, 0.3) is 0 Å². The third-order valence-corrected chi connectivity index (χ3v) is 4.04. The number of ketones is 1. The van der Waals surface area contributed by atoms with E-state index in [2.05, 4.69) is 6.58 Å². The van der Waals surface area contributed by atoms with E-state index in [9.17, 15) is 19.8 Å². The summed E-state index contributed by atoms with van der Waals surface area (Å²) >= 11 is 0. The highest BCUT2D eigenvalue weighted by atomic mass is 16.6. The second-order valence-electron chi connectivity index (χ2n) is 6.00. The molecule has 0 aliphatic heterocycles.